The van der Waals surface area contributed by atoms with E-state index < -0.39 is 0 Å². The molecule has 0 aliphatic carbocycles. The van der Waals surface area contributed by atoms with Gasteiger partial charge in [0, 0.05) is 12.6 Å². The zero-order valence-corrected chi connectivity index (χ0v) is 10.1. The van der Waals surface area contributed by atoms with Crippen molar-refractivity contribution < 1.29 is 4.74 Å². The Labute approximate surface area is 106 Å². The molecular weight excluding hydrogens is 228 g/mol. The SMILES string of the molecule is c1cc(CC2COCCN2)cc(-n2nccn2)c1. The number of aromatic nitrogens is 3. The first-order valence-corrected chi connectivity index (χ1v) is 6.18. The predicted molar refractivity (Wildman–Crippen MR) is 67.7 cm³/mol. The molecule has 0 spiro atoms. The van der Waals surface area contributed by atoms with Crippen LogP contribution in [-0.2, 0) is 11.2 Å². The molecule has 1 aliphatic heterocycles. The summed E-state index contributed by atoms with van der Waals surface area (Å²) in [6, 6.07) is 8.70. The summed E-state index contributed by atoms with van der Waals surface area (Å²) in [5.74, 6) is 0. The lowest BCUT2D eigenvalue weighted by atomic mass is 10.1. The number of nitrogens with zero attached hydrogens (tertiary/aromatic N) is 3. The van der Waals surface area contributed by atoms with Crippen molar-refractivity contribution in [3.8, 4) is 5.69 Å². The van der Waals surface area contributed by atoms with Gasteiger partial charge in [0.25, 0.3) is 0 Å². The molecule has 0 saturated carbocycles. The molecule has 0 bridgehead atoms. The smallest absolute Gasteiger partial charge is 0.0859 e. The molecule has 1 saturated heterocycles. The van der Waals surface area contributed by atoms with E-state index in [0.717, 1.165) is 31.9 Å². The van der Waals surface area contributed by atoms with Crippen LogP contribution in [0.5, 0.6) is 0 Å². The van der Waals surface area contributed by atoms with Crippen molar-refractivity contribution in [1.82, 2.24) is 20.3 Å². The Kier molecular flexibility index (Phi) is 3.34. The van der Waals surface area contributed by atoms with E-state index in [2.05, 4.69) is 27.6 Å². The maximum absolute atomic E-state index is 5.46. The average Bonchev–Trinajstić information content (AvgIpc) is 2.94. The fraction of sp³-hybridized carbons (Fsp3) is 0.385. The van der Waals surface area contributed by atoms with Crippen LogP contribution in [0.4, 0.5) is 0 Å². The molecule has 1 N–H and O–H groups in total. The molecule has 1 atom stereocenters. The topological polar surface area (TPSA) is 52.0 Å². The van der Waals surface area contributed by atoms with Crippen LogP contribution in [0.15, 0.2) is 36.7 Å². The summed E-state index contributed by atoms with van der Waals surface area (Å²) in [6.45, 7) is 2.53. The molecule has 5 nitrogen and oxygen atoms in total. The standard InChI is InChI=1S/C13H16N4O/c1-2-11(8-12-10-18-7-6-14-12)9-13(3-1)17-15-4-5-16-17/h1-5,9,12,14H,6-8,10H2. The largest absolute Gasteiger partial charge is 0.379 e. The summed E-state index contributed by atoms with van der Waals surface area (Å²) in [5.41, 5.74) is 2.27. The molecule has 94 valence electrons. The summed E-state index contributed by atoms with van der Waals surface area (Å²) in [6.07, 6.45) is 4.33. The monoisotopic (exact) mass is 244 g/mol. The minimum atomic E-state index is 0.402. The number of morpholine rings is 1. The van der Waals surface area contributed by atoms with Crippen LogP contribution in [-0.4, -0.2) is 40.8 Å². The third kappa shape index (κ3) is 2.57. The molecule has 1 unspecified atom stereocenters. The lowest BCUT2D eigenvalue weighted by Gasteiger charge is -2.23. The molecule has 3 rings (SSSR count). The van der Waals surface area contributed by atoms with E-state index in [4.69, 9.17) is 4.74 Å². The number of ether oxygens (including phenoxy) is 1. The van der Waals surface area contributed by atoms with Crippen molar-refractivity contribution >= 4 is 0 Å². The lowest BCUT2D eigenvalue weighted by Crippen LogP contribution is -2.42. The minimum absolute atomic E-state index is 0.402. The van der Waals surface area contributed by atoms with Gasteiger partial charge < -0.3 is 10.1 Å². The fourth-order valence-corrected chi connectivity index (χ4v) is 2.19. The van der Waals surface area contributed by atoms with Gasteiger partial charge in [0.1, 0.15) is 0 Å². The molecular formula is C13H16N4O. The first kappa shape index (κ1) is 11.4. The molecule has 1 fully saturated rings. The molecule has 5 heteroatoms. The second-order valence-corrected chi connectivity index (χ2v) is 4.42. The average molecular weight is 244 g/mol. The van der Waals surface area contributed by atoms with Crippen LogP contribution < -0.4 is 5.32 Å². The predicted octanol–water partition coefficient (Wildman–Crippen LogP) is 0.798. The van der Waals surface area contributed by atoms with Gasteiger partial charge in [0.2, 0.25) is 0 Å². The van der Waals surface area contributed by atoms with Crippen LogP contribution in [0.3, 0.4) is 0 Å². The molecule has 2 heterocycles. The normalized spacial score (nSPS) is 19.9. The highest BCUT2D eigenvalue weighted by molar-refractivity contribution is 5.34. The number of benzene rings is 1. The van der Waals surface area contributed by atoms with Crippen molar-refractivity contribution in [2.75, 3.05) is 19.8 Å². The van der Waals surface area contributed by atoms with Gasteiger partial charge in [-0.05, 0) is 24.1 Å². The van der Waals surface area contributed by atoms with Gasteiger partial charge in [-0.2, -0.15) is 15.0 Å². The van der Waals surface area contributed by atoms with Crippen LogP contribution in [0.1, 0.15) is 5.56 Å². The van der Waals surface area contributed by atoms with E-state index in [1.54, 1.807) is 17.2 Å². The molecule has 1 aromatic heterocycles. The van der Waals surface area contributed by atoms with Crippen molar-refractivity contribution in [3.63, 3.8) is 0 Å². The highest BCUT2D eigenvalue weighted by Crippen LogP contribution is 2.11. The van der Waals surface area contributed by atoms with Crippen LogP contribution in [0.2, 0.25) is 0 Å². The molecule has 1 aliphatic rings. The summed E-state index contributed by atoms with van der Waals surface area (Å²) in [5, 5.41) is 11.7. The van der Waals surface area contributed by atoms with E-state index in [0.29, 0.717) is 6.04 Å². The Morgan fingerprint density at radius 2 is 2.22 bits per heavy atom. The first-order chi connectivity index (χ1) is 8.92. The van der Waals surface area contributed by atoms with Crippen LogP contribution in [0.25, 0.3) is 5.69 Å². The zero-order chi connectivity index (χ0) is 12.2. The maximum Gasteiger partial charge on any atom is 0.0859 e. The number of hydrogen-bond donors (Lipinski definition) is 1. The van der Waals surface area contributed by atoms with Crippen LogP contribution >= 0.6 is 0 Å². The fourth-order valence-electron chi connectivity index (χ4n) is 2.19. The summed E-state index contributed by atoms with van der Waals surface area (Å²) >= 11 is 0. The second-order valence-electron chi connectivity index (χ2n) is 4.42. The van der Waals surface area contributed by atoms with Gasteiger partial charge in [0.15, 0.2) is 0 Å². The zero-order valence-electron chi connectivity index (χ0n) is 10.1. The van der Waals surface area contributed by atoms with Gasteiger partial charge in [-0.3, -0.25) is 0 Å². The van der Waals surface area contributed by atoms with E-state index in [9.17, 15) is 0 Å². The molecule has 0 radical (unpaired) electrons. The number of hydrogen-bond acceptors (Lipinski definition) is 4. The Bertz CT molecular complexity index is 491. The van der Waals surface area contributed by atoms with Crippen molar-refractivity contribution in [3.05, 3.63) is 42.2 Å². The molecule has 1 aromatic carbocycles. The lowest BCUT2D eigenvalue weighted by molar-refractivity contribution is 0.0770. The molecule has 18 heavy (non-hydrogen) atoms. The van der Waals surface area contributed by atoms with Gasteiger partial charge >= 0.3 is 0 Å². The minimum Gasteiger partial charge on any atom is -0.379 e. The van der Waals surface area contributed by atoms with Gasteiger partial charge in [-0.1, -0.05) is 12.1 Å². The maximum atomic E-state index is 5.46. The Morgan fingerprint density at radius 1 is 1.33 bits per heavy atom. The molecule has 0 amide bonds. The second kappa shape index (κ2) is 5.29. The summed E-state index contributed by atoms with van der Waals surface area (Å²) in [4.78, 5) is 1.63. The van der Waals surface area contributed by atoms with E-state index >= 15 is 0 Å². The number of rotatable bonds is 3. The Morgan fingerprint density at radius 3 is 3.00 bits per heavy atom. The third-order valence-corrected chi connectivity index (χ3v) is 3.04. The quantitative estimate of drug-likeness (QED) is 0.867. The van der Waals surface area contributed by atoms with Crippen molar-refractivity contribution in [2.24, 2.45) is 0 Å². The van der Waals surface area contributed by atoms with Gasteiger partial charge in [0.05, 0.1) is 31.3 Å². The van der Waals surface area contributed by atoms with E-state index in [1.807, 2.05) is 12.1 Å². The Hall–Kier alpha value is -1.72. The molecule has 2 aromatic rings. The highest BCUT2D eigenvalue weighted by atomic mass is 16.5. The Balaban J connectivity index is 1.74. The number of nitrogens with one attached hydrogen (secondary N) is 1. The van der Waals surface area contributed by atoms with Crippen molar-refractivity contribution in [2.45, 2.75) is 12.5 Å². The van der Waals surface area contributed by atoms with Gasteiger partial charge in [-0.25, -0.2) is 0 Å². The van der Waals surface area contributed by atoms with E-state index in [-0.39, 0.29) is 0 Å². The van der Waals surface area contributed by atoms with E-state index in [1.165, 1.54) is 5.56 Å². The summed E-state index contributed by atoms with van der Waals surface area (Å²) in [7, 11) is 0. The highest BCUT2D eigenvalue weighted by Gasteiger charge is 2.13. The van der Waals surface area contributed by atoms with Gasteiger partial charge in [-0.15, -0.1) is 0 Å². The summed E-state index contributed by atoms with van der Waals surface area (Å²) < 4.78 is 5.46. The first-order valence-electron chi connectivity index (χ1n) is 6.18. The third-order valence-electron chi connectivity index (χ3n) is 3.04. The van der Waals surface area contributed by atoms with Crippen molar-refractivity contribution in [1.29, 1.82) is 0 Å². The van der Waals surface area contributed by atoms with Crippen LogP contribution in [0, 0.1) is 0 Å².